The summed E-state index contributed by atoms with van der Waals surface area (Å²) >= 11 is 3.69. The molecule has 1 unspecified atom stereocenters. The van der Waals surface area contributed by atoms with Crippen LogP contribution in [0.3, 0.4) is 0 Å². The summed E-state index contributed by atoms with van der Waals surface area (Å²) in [5.41, 5.74) is 1.43. The highest BCUT2D eigenvalue weighted by Crippen LogP contribution is 2.26. The van der Waals surface area contributed by atoms with Crippen molar-refractivity contribution in [2.75, 3.05) is 0 Å². The fourth-order valence-electron chi connectivity index (χ4n) is 2.04. The Bertz CT molecular complexity index is 514. The zero-order valence-corrected chi connectivity index (χ0v) is 13.0. The Hall–Kier alpha value is -0.710. The SMILES string of the molecule is CCc1ncc(CNC(C)c2cc(C)sc2C)s1. The van der Waals surface area contributed by atoms with Crippen LogP contribution in [0.4, 0.5) is 0 Å². The first-order valence-electron chi connectivity index (χ1n) is 6.34. The molecule has 0 amide bonds. The van der Waals surface area contributed by atoms with Gasteiger partial charge in [0, 0.05) is 33.4 Å². The molecule has 18 heavy (non-hydrogen) atoms. The third-order valence-corrected chi connectivity index (χ3v) is 5.16. The van der Waals surface area contributed by atoms with Crippen LogP contribution in [0, 0.1) is 13.8 Å². The molecular weight excluding hydrogens is 260 g/mol. The summed E-state index contributed by atoms with van der Waals surface area (Å²) in [7, 11) is 0. The smallest absolute Gasteiger partial charge is 0.0925 e. The fourth-order valence-corrected chi connectivity index (χ4v) is 3.87. The molecule has 2 heterocycles. The quantitative estimate of drug-likeness (QED) is 0.886. The molecule has 0 aliphatic carbocycles. The van der Waals surface area contributed by atoms with Crippen molar-refractivity contribution in [2.24, 2.45) is 0 Å². The van der Waals surface area contributed by atoms with Crippen LogP contribution in [0.15, 0.2) is 12.3 Å². The van der Waals surface area contributed by atoms with Gasteiger partial charge in [-0.3, -0.25) is 0 Å². The molecule has 2 aromatic rings. The van der Waals surface area contributed by atoms with E-state index in [1.807, 2.05) is 28.9 Å². The van der Waals surface area contributed by atoms with Crippen LogP contribution >= 0.6 is 22.7 Å². The third-order valence-electron chi connectivity index (χ3n) is 3.03. The van der Waals surface area contributed by atoms with Gasteiger partial charge in [0.15, 0.2) is 0 Å². The first-order chi connectivity index (χ1) is 8.60. The second-order valence-electron chi connectivity index (χ2n) is 4.55. The van der Waals surface area contributed by atoms with E-state index in [-0.39, 0.29) is 0 Å². The van der Waals surface area contributed by atoms with Gasteiger partial charge in [-0.1, -0.05) is 6.92 Å². The van der Waals surface area contributed by atoms with Crippen LogP contribution in [0.5, 0.6) is 0 Å². The Morgan fingerprint density at radius 2 is 2.11 bits per heavy atom. The lowest BCUT2D eigenvalue weighted by Gasteiger charge is -2.12. The van der Waals surface area contributed by atoms with Gasteiger partial charge in [0.05, 0.1) is 5.01 Å². The molecule has 0 bridgehead atoms. The molecular formula is C14H20N2S2. The van der Waals surface area contributed by atoms with Crippen LogP contribution in [0.2, 0.25) is 0 Å². The number of aromatic nitrogens is 1. The highest BCUT2D eigenvalue weighted by Gasteiger charge is 2.11. The highest BCUT2D eigenvalue weighted by atomic mass is 32.1. The van der Waals surface area contributed by atoms with Gasteiger partial charge in [0.1, 0.15) is 0 Å². The van der Waals surface area contributed by atoms with E-state index in [9.17, 15) is 0 Å². The van der Waals surface area contributed by atoms with E-state index in [2.05, 4.69) is 44.1 Å². The molecule has 0 aromatic carbocycles. The zero-order chi connectivity index (χ0) is 13.1. The minimum absolute atomic E-state index is 0.405. The van der Waals surface area contributed by atoms with Gasteiger partial charge >= 0.3 is 0 Å². The van der Waals surface area contributed by atoms with Gasteiger partial charge in [0.25, 0.3) is 0 Å². The van der Waals surface area contributed by atoms with Gasteiger partial charge in [-0.15, -0.1) is 22.7 Å². The van der Waals surface area contributed by atoms with Crippen molar-refractivity contribution >= 4 is 22.7 Å². The monoisotopic (exact) mass is 280 g/mol. The molecule has 0 saturated carbocycles. The summed E-state index contributed by atoms with van der Waals surface area (Å²) in [6.45, 7) is 9.66. The van der Waals surface area contributed by atoms with Crippen molar-refractivity contribution in [3.63, 3.8) is 0 Å². The molecule has 0 radical (unpaired) electrons. The largest absolute Gasteiger partial charge is 0.305 e. The number of hydrogen-bond acceptors (Lipinski definition) is 4. The Balaban J connectivity index is 1.95. The summed E-state index contributed by atoms with van der Waals surface area (Å²) in [6.07, 6.45) is 3.03. The van der Waals surface area contributed by atoms with E-state index in [1.165, 1.54) is 25.2 Å². The maximum absolute atomic E-state index is 4.39. The minimum Gasteiger partial charge on any atom is -0.305 e. The third kappa shape index (κ3) is 3.19. The molecule has 0 spiro atoms. The van der Waals surface area contributed by atoms with Gasteiger partial charge in [-0.25, -0.2) is 4.98 Å². The fraction of sp³-hybridized carbons (Fsp3) is 0.500. The van der Waals surface area contributed by atoms with Gasteiger partial charge < -0.3 is 5.32 Å². The Kier molecular flexibility index (Phi) is 4.54. The summed E-state index contributed by atoms with van der Waals surface area (Å²) in [5.74, 6) is 0. The molecule has 0 aliphatic heterocycles. The highest BCUT2D eigenvalue weighted by molar-refractivity contribution is 7.12. The Morgan fingerprint density at radius 3 is 2.67 bits per heavy atom. The second kappa shape index (κ2) is 5.95. The number of rotatable bonds is 5. The van der Waals surface area contributed by atoms with Gasteiger partial charge in [-0.05, 0) is 38.8 Å². The van der Waals surface area contributed by atoms with Crippen molar-refractivity contribution in [3.8, 4) is 0 Å². The molecule has 0 saturated heterocycles. The molecule has 2 aromatic heterocycles. The summed E-state index contributed by atoms with van der Waals surface area (Å²) in [5, 5.41) is 4.81. The number of nitrogens with one attached hydrogen (secondary N) is 1. The normalized spacial score (nSPS) is 12.9. The molecule has 1 atom stereocenters. The van der Waals surface area contributed by atoms with Crippen molar-refractivity contribution < 1.29 is 0 Å². The average molecular weight is 280 g/mol. The minimum atomic E-state index is 0.405. The molecule has 0 aliphatic rings. The van der Waals surface area contributed by atoms with Gasteiger partial charge in [-0.2, -0.15) is 0 Å². The lowest BCUT2D eigenvalue weighted by molar-refractivity contribution is 0.578. The predicted molar refractivity (Wildman–Crippen MR) is 80.5 cm³/mol. The van der Waals surface area contributed by atoms with Crippen LogP contribution in [0.25, 0.3) is 0 Å². The summed E-state index contributed by atoms with van der Waals surface area (Å²) in [6, 6.07) is 2.70. The molecule has 0 fully saturated rings. The van der Waals surface area contributed by atoms with Crippen molar-refractivity contribution in [2.45, 2.75) is 46.7 Å². The first kappa shape index (κ1) is 13.7. The lowest BCUT2D eigenvalue weighted by atomic mass is 10.1. The molecule has 2 nitrogen and oxygen atoms in total. The standard InChI is InChI=1S/C14H20N2S2/c1-5-14-16-8-12(18-14)7-15-10(3)13-6-9(2)17-11(13)4/h6,8,10,15H,5,7H2,1-4H3. The van der Waals surface area contributed by atoms with E-state index in [0.717, 1.165) is 13.0 Å². The maximum atomic E-state index is 4.39. The molecule has 2 rings (SSSR count). The van der Waals surface area contributed by atoms with Crippen LogP contribution in [-0.4, -0.2) is 4.98 Å². The number of nitrogens with zero attached hydrogens (tertiary/aromatic N) is 1. The van der Waals surface area contributed by atoms with Crippen molar-refractivity contribution in [3.05, 3.63) is 37.5 Å². The molecule has 4 heteroatoms. The van der Waals surface area contributed by atoms with E-state index >= 15 is 0 Å². The summed E-state index contributed by atoms with van der Waals surface area (Å²) in [4.78, 5) is 8.52. The number of thiophene rings is 1. The maximum Gasteiger partial charge on any atom is 0.0925 e. The van der Waals surface area contributed by atoms with Gasteiger partial charge in [0.2, 0.25) is 0 Å². The van der Waals surface area contributed by atoms with Crippen molar-refractivity contribution in [1.82, 2.24) is 10.3 Å². The number of thiazole rings is 1. The van der Waals surface area contributed by atoms with E-state index in [4.69, 9.17) is 0 Å². The zero-order valence-electron chi connectivity index (χ0n) is 11.4. The molecule has 98 valence electrons. The van der Waals surface area contributed by atoms with Crippen LogP contribution < -0.4 is 5.32 Å². The Labute approximate surface area is 117 Å². The van der Waals surface area contributed by atoms with Crippen LogP contribution in [0.1, 0.15) is 45.1 Å². The van der Waals surface area contributed by atoms with E-state index in [0.29, 0.717) is 6.04 Å². The van der Waals surface area contributed by atoms with E-state index in [1.54, 1.807) is 0 Å². The average Bonchev–Trinajstić information content (AvgIpc) is 2.92. The van der Waals surface area contributed by atoms with E-state index < -0.39 is 0 Å². The van der Waals surface area contributed by atoms with Crippen molar-refractivity contribution in [1.29, 1.82) is 0 Å². The number of hydrogen-bond donors (Lipinski definition) is 1. The topological polar surface area (TPSA) is 24.9 Å². The second-order valence-corrected chi connectivity index (χ2v) is 7.21. The number of aryl methyl sites for hydroxylation is 3. The Morgan fingerprint density at radius 1 is 1.33 bits per heavy atom. The summed E-state index contributed by atoms with van der Waals surface area (Å²) < 4.78 is 0. The lowest BCUT2D eigenvalue weighted by Crippen LogP contribution is -2.17. The predicted octanol–water partition coefficient (Wildman–Crippen LogP) is 4.23. The first-order valence-corrected chi connectivity index (χ1v) is 7.97. The van der Waals surface area contributed by atoms with Crippen LogP contribution in [-0.2, 0) is 13.0 Å². The molecule has 1 N–H and O–H groups in total.